The van der Waals surface area contributed by atoms with E-state index < -0.39 is 0 Å². The van der Waals surface area contributed by atoms with Gasteiger partial charge in [0.2, 0.25) is 0 Å². The van der Waals surface area contributed by atoms with Crippen molar-refractivity contribution < 1.29 is 4.79 Å². The number of aromatic nitrogens is 1. The van der Waals surface area contributed by atoms with Crippen molar-refractivity contribution in [1.29, 1.82) is 0 Å². The maximum absolute atomic E-state index is 11.5. The van der Waals surface area contributed by atoms with Gasteiger partial charge in [-0.25, -0.2) is 0 Å². The Morgan fingerprint density at radius 3 is 2.79 bits per heavy atom. The summed E-state index contributed by atoms with van der Waals surface area (Å²) in [5.41, 5.74) is 1.73. The molecule has 14 heavy (non-hydrogen) atoms. The molecule has 1 heterocycles. The lowest BCUT2D eigenvalue weighted by molar-refractivity contribution is 0.0955. The van der Waals surface area contributed by atoms with E-state index in [0.717, 1.165) is 5.56 Å². The topological polar surface area (TPSA) is 42.0 Å². The van der Waals surface area contributed by atoms with Gasteiger partial charge in [0.15, 0.2) is 0 Å². The highest BCUT2D eigenvalue weighted by Gasteiger charge is 2.06. The summed E-state index contributed by atoms with van der Waals surface area (Å²) in [6, 6.07) is 1.89. The summed E-state index contributed by atoms with van der Waals surface area (Å²) in [5.74, 6) is 0.347. The number of hydrogen-bond donors (Lipinski definition) is 1. The van der Waals surface area contributed by atoms with E-state index in [1.165, 1.54) is 0 Å². The molecule has 0 bridgehead atoms. The fraction of sp³-hybridized carbons (Fsp3) is 0.455. The zero-order valence-electron chi connectivity index (χ0n) is 8.87. The SMILES string of the molecule is CCNC(=O)c1cncc(C(C)C)c1. The van der Waals surface area contributed by atoms with E-state index in [2.05, 4.69) is 24.1 Å². The molecule has 1 aromatic rings. The minimum absolute atomic E-state index is 0.0532. The molecule has 0 saturated heterocycles. The van der Waals surface area contributed by atoms with Crippen molar-refractivity contribution in [2.45, 2.75) is 26.7 Å². The summed E-state index contributed by atoms with van der Waals surface area (Å²) < 4.78 is 0. The fourth-order valence-corrected chi connectivity index (χ4v) is 1.16. The molecule has 0 fully saturated rings. The largest absolute Gasteiger partial charge is 0.352 e. The highest BCUT2D eigenvalue weighted by molar-refractivity contribution is 5.93. The molecule has 0 aliphatic rings. The Morgan fingerprint density at radius 1 is 1.50 bits per heavy atom. The van der Waals surface area contributed by atoms with Gasteiger partial charge in [-0.15, -0.1) is 0 Å². The summed E-state index contributed by atoms with van der Waals surface area (Å²) in [7, 11) is 0. The zero-order chi connectivity index (χ0) is 10.6. The van der Waals surface area contributed by atoms with Crippen LogP contribution in [-0.4, -0.2) is 17.4 Å². The normalized spacial score (nSPS) is 10.3. The van der Waals surface area contributed by atoms with Crippen LogP contribution in [0.4, 0.5) is 0 Å². The van der Waals surface area contributed by atoms with Crippen LogP contribution in [0.5, 0.6) is 0 Å². The number of carbonyl (C=O) groups excluding carboxylic acids is 1. The van der Waals surface area contributed by atoms with Crippen LogP contribution in [0, 0.1) is 0 Å². The molecule has 1 amide bonds. The molecular formula is C11H16N2O. The second-order valence-electron chi connectivity index (χ2n) is 3.52. The van der Waals surface area contributed by atoms with Crippen LogP contribution in [0.1, 0.15) is 42.6 Å². The van der Waals surface area contributed by atoms with Gasteiger partial charge in [-0.05, 0) is 24.5 Å². The minimum atomic E-state index is -0.0532. The number of amides is 1. The van der Waals surface area contributed by atoms with E-state index >= 15 is 0 Å². The van der Waals surface area contributed by atoms with Gasteiger partial charge >= 0.3 is 0 Å². The Hall–Kier alpha value is -1.38. The maximum Gasteiger partial charge on any atom is 0.252 e. The third kappa shape index (κ3) is 2.55. The number of nitrogens with zero attached hydrogens (tertiary/aromatic N) is 1. The van der Waals surface area contributed by atoms with Crippen molar-refractivity contribution in [3.05, 3.63) is 29.6 Å². The lowest BCUT2D eigenvalue weighted by atomic mass is 10.0. The van der Waals surface area contributed by atoms with Gasteiger partial charge in [0, 0.05) is 18.9 Å². The molecule has 0 saturated carbocycles. The number of rotatable bonds is 3. The molecule has 1 N–H and O–H groups in total. The Morgan fingerprint density at radius 2 is 2.21 bits per heavy atom. The van der Waals surface area contributed by atoms with Gasteiger partial charge in [0.1, 0.15) is 0 Å². The Kier molecular flexibility index (Phi) is 3.63. The minimum Gasteiger partial charge on any atom is -0.352 e. The first-order chi connectivity index (χ1) is 6.65. The van der Waals surface area contributed by atoms with E-state index in [1.807, 2.05) is 13.0 Å². The molecule has 0 aliphatic carbocycles. The monoisotopic (exact) mass is 192 g/mol. The lowest BCUT2D eigenvalue weighted by Crippen LogP contribution is -2.22. The molecule has 1 rings (SSSR count). The summed E-state index contributed by atoms with van der Waals surface area (Å²) in [6.07, 6.45) is 3.39. The van der Waals surface area contributed by atoms with Gasteiger partial charge in [-0.1, -0.05) is 13.8 Å². The van der Waals surface area contributed by atoms with Crippen LogP contribution in [0.2, 0.25) is 0 Å². The average molecular weight is 192 g/mol. The second kappa shape index (κ2) is 4.74. The number of nitrogens with one attached hydrogen (secondary N) is 1. The molecule has 3 nitrogen and oxygen atoms in total. The first-order valence-electron chi connectivity index (χ1n) is 4.88. The Labute approximate surface area is 84.6 Å². The van der Waals surface area contributed by atoms with Gasteiger partial charge in [-0.3, -0.25) is 9.78 Å². The average Bonchev–Trinajstić information content (AvgIpc) is 2.18. The molecule has 0 spiro atoms. The van der Waals surface area contributed by atoms with E-state index in [9.17, 15) is 4.79 Å². The van der Waals surface area contributed by atoms with Crippen molar-refractivity contribution in [3.63, 3.8) is 0 Å². The van der Waals surface area contributed by atoms with E-state index in [4.69, 9.17) is 0 Å². The quantitative estimate of drug-likeness (QED) is 0.795. The Balaban J connectivity index is 2.88. The van der Waals surface area contributed by atoms with Gasteiger partial charge < -0.3 is 5.32 Å². The third-order valence-electron chi connectivity index (χ3n) is 2.03. The molecule has 0 radical (unpaired) electrons. The summed E-state index contributed by atoms with van der Waals surface area (Å²) >= 11 is 0. The van der Waals surface area contributed by atoms with Gasteiger partial charge in [-0.2, -0.15) is 0 Å². The molecule has 1 aromatic heterocycles. The highest BCUT2D eigenvalue weighted by atomic mass is 16.1. The number of hydrogen-bond acceptors (Lipinski definition) is 2. The molecule has 0 unspecified atom stereocenters. The van der Waals surface area contributed by atoms with Crippen LogP contribution in [0.25, 0.3) is 0 Å². The highest BCUT2D eigenvalue weighted by Crippen LogP contribution is 2.13. The standard InChI is InChI=1S/C11H16N2O/c1-4-13-11(14)10-5-9(8(2)3)6-12-7-10/h5-8H,4H2,1-3H3,(H,13,14). The van der Waals surface area contributed by atoms with E-state index in [-0.39, 0.29) is 5.91 Å². The van der Waals surface area contributed by atoms with Crippen LogP contribution in [0.15, 0.2) is 18.5 Å². The Bertz CT molecular complexity index is 321. The van der Waals surface area contributed by atoms with Gasteiger partial charge in [0.05, 0.1) is 5.56 Å². The molecule has 76 valence electrons. The molecule has 0 atom stereocenters. The lowest BCUT2D eigenvalue weighted by Gasteiger charge is -2.06. The summed E-state index contributed by atoms with van der Waals surface area (Å²) in [4.78, 5) is 15.5. The maximum atomic E-state index is 11.5. The number of carbonyl (C=O) groups is 1. The molecular weight excluding hydrogens is 176 g/mol. The molecule has 0 aliphatic heterocycles. The first kappa shape index (κ1) is 10.7. The smallest absolute Gasteiger partial charge is 0.252 e. The van der Waals surface area contributed by atoms with Crippen LogP contribution < -0.4 is 5.32 Å². The van der Waals surface area contributed by atoms with Crippen molar-refractivity contribution >= 4 is 5.91 Å². The predicted octanol–water partition coefficient (Wildman–Crippen LogP) is 1.95. The molecule has 3 heteroatoms. The zero-order valence-corrected chi connectivity index (χ0v) is 8.87. The van der Waals surface area contributed by atoms with Crippen molar-refractivity contribution in [3.8, 4) is 0 Å². The van der Waals surface area contributed by atoms with E-state index in [0.29, 0.717) is 18.0 Å². The predicted molar refractivity (Wildman–Crippen MR) is 56.3 cm³/mol. The van der Waals surface area contributed by atoms with Crippen molar-refractivity contribution in [1.82, 2.24) is 10.3 Å². The fourth-order valence-electron chi connectivity index (χ4n) is 1.16. The molecule has 0 aromatic carbocycles. The second-order valence-corrected chi connectivity index (χ2v) is 3.52. The first-order valence-corrected chi connectivity index (χ1v) is 4.88. The van der Waals surface area contributed by atoms with E-state index in [1.54, 1.807) is 12.4 Å². The van der Waals surface area contributed by atoms with Crippen LogP contribution in [0.3, 0.4) is 0 Å². The van der Waals surface area contributed by atoms with Crippen LogP contribution >= 0.6 is 0 Å². The van der Waals surface area contributed by atoms with Crippen molar-refractivity contribution in [2.75, 3.05) is 6.54 Å². The van der Waals surface area contributed by atoms with Crippen molar-refractivity contribution in [2.24, 2.45) is 0 Å². The third-order valence-corrected chi connectivity index (χ3v) is 2.03. The van der Waals surface area contributed by atoms with Gasteiger partial charge in [0.25, 0.3) is 5.91 Å². The number of pyridine rings is 1. The van der Waals surface area contributed by atoms with Crippen LogP contribution in [-0.2, 0) is 0 Å². The summed E-state index contributed by atoms with van der Waals surface area (Å²) in [6.45, 7) is 6.71. The summed E-state index contributed by atoms with van der Waals surface area (Å²) in [5, 5.41) is 2.75.